The molecule has 6 nitrogen and oxygen atoms in total. The smallest absolute Gasteiger partial charge is 0.271 e. The topological polar surface area (TPSA) is 69.2 Å². The molecule has 8 heteroatoms. The van der Waals surface area contributed by atoms with Crippen molar-refractivity contribution in [2.24, 2.45) is 5.10 Å². The van der Waals surface area contributed by atoms with Crippen molar-refractivity contribution in [3.8, 4) is 17.2 Å². The fourth-order valence-corrected chi connectivity index (χ4v) is 3.71. The zero-order valence-electron chi connectivity index (χ0n) is 16.2. The van der Waals surface area contributed by atoms with E-state index in [9.17, 15) is 4.79 Å². The fraction of sp³-hybridized carbons (Fsp3) is 0.238. The highest BCUT2D eigenvalue weighted by Gasteiger charge is 2.12. The zero-order chi connectivity index (χ0) is 21.2. The van der Waals surface area contributed by atoms with Gasteiger partial charge in [-0.2, -0.15) is 5.10 Å². The Labute approximate surface area is 187 Å². The number of methoxy groups -OCH3 is 1. The summed E-state index contributed by atoms with van der Waals surface area (Å²) < 4.78 is 18.2. The van der Waals surface area contributed by atoms with Crippen LogP contribution in [0.25, 0.3) is 0 Å². The third-order valence-electron chi connectivity index (χ3n) is 3.64. The van der Waals surface area contributed by atoms with Gasteiger partial charge in [-0.15, -0.1) is 0 Å². The van der Waals surface area contributed by atoms with E-state index >= 15 is 0 Å². The van der Waals surface area contributed by atoms with Gasteiger partial charge in [0.1, 0.15) is 12.4 Å². The van der Waals surface area contributed by atoms with E-state index in [0.29, 0.717) is 36.0 Å². The minimum Gasteiger partial charge on any atom is -0.493 e. The molecule has 2 aromatic carbocycles. The standard InChI is InChI=1S/C21H22Br2N2O4/c1-4-8-28-18-7-6-14(11-19(18)27-3)21(26)25-24-13-15-10-16(22)12-17(23)20(15)29-9-5-2/h4,6-7,10-13H,1,5,8-9H2,2-3H3,(H,25,26)/b24-13+. The molecule has 0 unspecified atom stereocenters. The normalized spacial score (nSPS) is 10.6. The van der Waals surface area contributed by atoms with Crippen molar-refractivity contribution in [2.45, 2.75) is 13.3 Å². The lowest BCUT2D eigenvalue weighted by atomic mass is 10.2. The Hall–Kier alpha value is -2.32. The van der Waals surface area contributed by atoms with Gasteiger partial charge in [-0.05, 0) is 52.7 Å². The minimum atomic E-state index is -0.375. The van der Waals surface area contributed by atoms with Gasteiger partial charge in [0, 0.05) is 15.6 Å². The van der Waals surface area contributed by atoms with E-state index < -0.39 is 0 Å². The van der Waals surface area contributed by atoms with Gasteiger partial charge in [-0.1, -0.05) is 35.5 Å². The number of rotatable bonds is 10. The second-order valence-corrected chi connectivity index (χ2v) is 7.59. The highest BCUT2D eigenvalue weighted by atomic mass is 79.9. The lowest BCUT2D eigenvalue weighted by Gasteiger charge is -2.11. The number of carbonyl (C=O) groups excluding carboxylic acids is 1. The van der Waals surface area contributed by atoms with E-state index in [1.807, 2.05) is 19.1 Å². The molecule has 0 aliphatic rings. The van der Waals surface area contributed by atoms with E-state index in [-0.39, 0.29) is 5.91 Å². The summed E-state index contributed by atoms with van der Waals surface area (Å²) in [5.41, 5.74) is 3.63. The molecule has 1 amide bonds. The first kappa shape index (κ1) is 23.0. The molecule has 0 saturated carbocycles. The van der Waals surface area contributed by atoms with Gasteiger partial charge in [-0.3, -0.25) is 4.79 Å². The van der Waals surface area contributed by atoms with Crippen LogP contribution in [-0.2, 0) is 0 Å². The van der Waals surface area contributed by atoms with Crippen molar-refractivity contribution < 1.29 is 19.0 Å². The summed E-state index contributed by atoms with van der Waals surface area (Å²) in [6, 6.07) is 8.65. The van der Waals surface area contributed by atoms with Crippen LogP contribution in [0.15, 0.2) is 57.0 Å². The van der Waals surface area contributed by atoms with Crippen LogP contribution in [0, 0.1) is 0 Å². The van der Waals surface area contributed by atoms with Crippen LogP contribution in [0.4, 0.5) is 0 Å². The van der Waals surface area contributed by atoms with Gasteiger partial charge in [0.25, 0.3) is 5.91 Å². The Morgan fingerprint density at radius 1 is 1.21 bits per heavy atom. The Balaban J connectivity index is 2.14. The lowest BCUT2D eigenvalue weighted by molar-refractivity contribution is 0.0954. The molecule has 0 radical (unpaired) electrons. The number of ether oxygens (including phenoxy) is 3. The molecule has 0 spiro atoms. The van der Waals surface area contributed by atoms with Crippen LogP contribution in [0.3, 0.4) is 0 Å². The summed E-state index contributed by atoms with van der Waals surface area (Å²) in [6.45, 7) is 6.56. The van der Waals surface area contributed by atoms with Crippen molar-refractivity contribution >= 4 is 44.0 Å². The average Bonchev–Trinajstić information content (AvgIpc) is 2.71. The second kappa shape index (κ2) is 11.6. The van der Waals surface area contributed by atoms with Crippen molar-refractivity contribution in [3.05, 3.63) is 63.1 Å². The maximum Gasteiger partial charge on any atom is 0.271 e. The largest absolute Gasteiger partial charge is 0.493 e. The highest BCUT2D eigenvalue weighted by Crippen LogP contribution is 2.32. The minimum absolute atomic E-state index is 0.344. The van der Waals surface area contributed by atoms with Crippen LogP contribution < -0.4 is 19.6 Å². The van der Waals surface area contributed by atoms with Gasteiger partial charge in [0.15, 0.2) is 11.5 Å². The number of halogens is 2. The van der Waals surface area contributed by atoms with Crippen LogP contribution in [-0.4, -0.2) is 32.4 Å². The van der Waals surface area contributed by atoms with Gasteiger partial charge in [-0.25, -0.2) is 5.43 Å². The highest BCUT2D eigenvalue weighted by molar-refractivity contribution is 9.11. The molecule has 0 atom stereocenters. The number of benzene rings is 2. The first-order valence-electron chi connectivity index (χ1n) is 8.87. The Bertz CT molecular complexity index is 900. The van der Waals surface area contributed by atoms with Crippen LogP contribution in [0.2, 0.25) is 0 Å². The number of nitrogens with one attached hydrogen (secondary N) is 1. The number of nitrogens with zero attached hydrogens (tertiary/aromatic N) is 1. The molecular formula is C21H22Br2N2O4. The second-order valence-electron chi connectivity index (χ2n) is 5.82. The molecule has 0 aliphatic carbocycles. The Morgan fingerprint density at radius 2 is 2.00 bits per heavy atom. The SMILES string of the molecule is C=CCOc1ccc(C(=O)N/N=C/c2cc(Br)cc(Br)c2OCCC)cc1OC. The number of hydrazone groups is 1. The van der Waals surface area contributed by atoms with E-state index in [1.54, 1.807) is 24.3 Å². The number of hydrogen-bond donors (Lipinski definition) is 1. The molecular weight excluding hydrogens is 504 g/mol. The third-order valence-corrected chi connectivity index (χ3v) is 4.69. The van der Waals surface area contributed by atoms with Crippen molar-refractivity contribution in [3.63, 3.8) is 0 Å². The monoisotopic (exact) mass is 524 g/mol. The fourth-order valence-electron chi connectivity index (χ4n) is 2.33. The van der Waals surface area contributed by atoms with Crippen LogP contribution in [0.1, 0.15) is 29.3 Å². The predicted molar refractivity (Wildman–Crippen MR) is 121 cm³/mol. The molecule has 2 rings (SSSR count). The predicted octanol–water partition coefficient (Wildman–Crippen LogP) is 5.34. The molecule has 0 fully saturated rings. The maximum atomic E-state index is 12.4. The molecule has 154 valence electrons. The number of hydrogen-bond acceptors (Lipinski definition) is 5. The van der Waals surface area contributed by atoms with Crippen molar-refractivity contribution in [1.82, 2.24) is 5.43 Å². The van der Waals surface area contributed by atoms with Crippen LogP contribution in [0.5, 0.6) is 17.2 Å². The molecule has 29 heavy (non-hydrogen) atoms. The number of amides is 1. The van der Waals surface area contributed by atoms with E-state index in [0.717, 1.165) is 20.9 Å². The molecule has 0 aliphatic heterocycles. The first-order valence-corrected chi connectivity index (χ1v) is 10.5. The maximum absolute atomic E-state index is 12.4. The Kier molecular flexibility index (Phi) is 9.21. The van der Waals surface area contributed by atoms with E-state index in [1.165, 1.54) is 13.3 Å². The van der Waals surface area contributed by atoms with Gasteiger partial charge in [0.05, 0.1) is 24.4 Å². The molecule has 0 aromatic heterocycles. The summed E-state index contributed by atoms with van der Waals surface area (Å²) in [6.07, 6.45) is 4.05. The molecule has 0 saturated heterocycles. The first-order chi connectivity index (χ1) is 14.0. The van der Waals surface area contributed by atoms with Crippen molar-refractivity contribution in [1.29, 1.82) is 0 Å². The Morgan fingerprint density at radius 3 is 2.69 bits per heavy atom. The molecule has 0 bridgehead atoms. The average molecular weight is 526 g/mol. The van der Waals surface area contributed by atoms with Crippen LogP contribution >= 0.6 is 31.9 Å². The quantitative estimate of drug-likeness (QED) is 0.258. The molecule has 2 aromatic rings. The lowest BCUT2D eigenvalue weighted by Crippen LogP contribution is -2.17. The molecule has 1 N–H and O–H groups in total. The molecule has 0 heterocycles. The number of carbonyl (C=O) groups is 1. The summed E-state index contributed by atoms with van der Waals surface area (Å²) in [5.74, 6) is 1.28. The van der Waals surface area contributed by atoms with Gasteiger partial charge in [0.2, 0.25) is 0 Å². The zero-order valence-corrected chi connectivity index (χ0v) is 19.4. The summed E-state index contributed by atoms with van der Waals surface area (Å²) in [4.78, 5) is 12.4. The van der Waals surface area contributed by atoms with E-state index in [4.69, 9.17) is 14.2 Å². The summed E-state index contributed by atoms with van der Waals surface area (Å²) >= 11 is 6.94. The summed E-state index contributed by atoms with van der Waals surface area (Å²) in [5, 5.41) is 4.06. The van der Waals surface area contributed by atoms with Crippen molar-refractivity contribution in [2.75, 3.05) is 20.3 Å². The van der Waals surface area contributed by atoms with E-state index in [2.05, 4.69) is 49.0 Å². The third kappa shape index (κ3) is 6.61. The van der Waals surface area contributed by atoms with Gasteiger partial charge < -0.3 is 14.2 Å². The summed E-state index contributed by atoms with van der Waals surface area (Å²) in [7, 11) is 1.51. The van der Waals surface area contributed by atoms with Gasteiger partial charge >= 0.3 is 0 Å².